The molecule has 0 bridgehead atoms. The molecule has 0 aromatic carbocycles. The van der Waals surface area contributed by atoms with Crippen LogP contribution in [0.1, 0.15) is 32.1 Å². The van der Waals surface area contributed by atoms with Crippen LogP contribution >= 0.6 is 0 Å². The zero-order valence-electron chi connectivity index (χ0n) is 8.66. The van der Waals surface area contributed by atoms with Crippen molar-refractivity contribution in [1.82, 2.24) is 4.90 Å². The molecule has 1 aliphatic rings. The highest BCUT2D eigenvalue weighted by atomic mass is 19.3. The summed E-state index contributed by atoms with van der Waals surface area (Å²) in [6.07, 6.45) is 1.12. The van der Waals surface area contributed by atoms with Gasteiger partial charge in [0.1, 0.15) is 0 Å². The summed E-state index contributed by atoms with van der Waals surface area (Å²) >= 11 is 0. The van der Waals surface area contributed by atoms with E-state index in [-0.39, 0.29) is 13.0 Å². The molecule has 0 radical (unpaired) electrons. The van der Waals surface area contributed by atoms with Gasteiger partial charge in [-0.05, 0) is 32.2 Å². The minimum atomic E-state index is -2.29. The predicted molar refractivity (Wildman–Crippen MR) is 52.1 cm³/mol. The predicted octanol–water partition coefficient (Wildman–Crippen LogP) is 1.97. The second kappa shape index (κ2) is 6.00. The monoisotopic (exact) mass is 221 g/mol. The van der Waals surface area contributed by atoms with E-state index in [0.29, 0.717) is 25.4 Å². The highest BCUT2D eigenvalue weighted by Gasteiger charge is 2.30. The van der Waals surface area contributed by atoms with E-state index in [4.69, 9.17) is 5.11 Å². The van der Waals surface area contributed by atoms with Gasteiger partial charge in [0.15, 0.2) is 0 Å². The van der Waals surface area contributed by atoms with Crippen molar-refractivity contribution < 1.29 is 18.7 Å². The van der Waals surface area contributed by atoms with E-state index in [9.17, 15) is 13.6 Å². The maximum atomic E-state index is 12.2. The molecule has 0 saturated heterocycles. The van der Waals surface area contributed by atoms with Crippen molar-refractivity contribution in [1.29, 1.82) is 0 Å². The molecule has 88 valence electrons. The molecule has 0 spiro atoms. The highest BCUT2D eigenvalue weighted by molar-refractivity contribution is 5.66. The third-order valence-electron chi connectivity index (χ3n) is 2.52. The standard InChI is InChI=1S/C10H17F2NO2/c11-9(12)7-13(8-4-5-8)6-2-1-3-10(14)15/h8-9H,1-7H2,(H,14,15). The van der Waals surface area contributed by atoms with E-state index in [0.717, 1.165) is 12.8 Å². The zero-order valence-corrected chi connectivity index (χ0v) is 8.66. The molecule has 0 aliphatic heterocycles. The number of hydrogen-bond acceptors (Lipinski definition) is 2. The number of halogens is 2. The van der Waals surface area contributed by atoms with E-state index < -0.39 is 12.4 Å². The average Bonchev–Trinajstić information content (AvgIpc) is 2.92. The molecule has 0 amide bonds. The van der Waals surface area contributed by atoms with Crippen LogP contribution in [-0.4, -0.2) is 41.5 Å². The number of rotatable bonds is 8. The fourth-order valence-corrected chi connectivity index (χ4v) is 1.63. The third kappa shape index (κ3) is 5.67. The Balaban J connectivity index is 2.11. The van der Waals surface area contributed by atoms with Gasteiger partial charge < -0.3 is 5.11 Å². The normalized spacial score (nSPS) is 16.3. The molecule has 0 heterocycles. The average molecular weight is 221 g/mol. The fraction of sp³-hybridized carbons (Fsp3) is 0.900. The first-order valence-corrected chi connectivity index (χ1v) is 5.33. The lowest BCUT2D eigenvalue weighted by Crippen LogP contribution is -2.32. The van der Waals surface area contributed by atoms with Crippen LogP contribution in [0, 0.1) is 0 Å². The molecule has 1 fully saturated rings. The van der Waals surface area contributed by atoms with Gasteiger partial charge in [-0.1, -0.05) is 0 Å². The SMILES string of the molecule is O=C(O)CCCCN(CC(F)F)C1CC1. The van der Waals surface area contributed by atoms with Crippen LogP contribution in [0.3, 0.4) is 0 Å². The summed E-state index contributed by atoms with van der Waals surface area (Å²) < 4.78 is 24.3. The molecule has 15 heavy (non-hydrogen) atoms. The summed E-state index contributed by atoms with van der Waals surface area (Å²) in [5.74, 6) is -0.818. The molecule has 1 aliphatic carbocycles. The van der Waals surface area contributed by atoms with Crippen LogP contribution in [0.4, 0.5) is 8.78 Å². The number of carboxylic acids is 1. The molecule has 1 rings (SSSR count). The molecule has 1 N–H and O–H groups in total. The van der Waals surface area contributed by atoms with Crippen LogP contribution < -0.4 is 0 Å². The van der Waals surface area contributed by atoms with Gasteiger partial charge in [0.25, 0.3) is 6.43 Å². The Morgan fingerprint density at radius 2 is 2.07 bits per heavy atom. The Hall–Kier alpha value is -0.710. The molecule has 3 nitrogen and oxygen atoms in total. The Labute approximate surface area is 88.1 Å². The largest absolute Gasteiger partial charge is 0.481 e. The number of alkyl halides is 2. The van der Waals surface area contributed by atoms with E-state index >= 15 is 0 Å². The van der Waals surface area contributed by atoms with E-state index in [1.54, 1.807) is 4.90 Å². The number of hydrogen-bond donors (Lipinski definition) is 1. The van der Waals surface area contributed by atoms with Crippen LogP contribution in [0.5, 0.6) is 0 Å². The van der Waals surface area contributed by atoms with Gasteiger partial charge in [-0.2, -0.15) is 0 Å². The van der Waals surface area contributed by atoms with E-state index in [1.807, 2.05) is 0 Å². The Morgan fingerprint density at radius 1 is 1.40 bits per heavy atom. The Kier molecular flexibility index (Phi) is 4.94. The summed E-state index contributed by atoms with van der Waals surface area (Å²) in [5.41, 5.74) is 0. The molecule has 1 saturated carbocycles. The summed E-state index contributed by atoms with van der Waals surface area (Å²) in [7, 11) is 0. The maximum Gasteiger partial charge on any atom is 0.303 e. The zero-order chi connectivity index (χ0) is 11.3. The van der Waals surface area contributed by atoms with Crippen molar-refractivity contribution in [3.8, 4) is 0 Å². The first-order valence-electron chi connectivity index (χ1n) is 5.33. The number of carboxylic acid groups (broad SMARTS) is 1. The van der Waals surface area contributed by atoms with Crippen LogP contribution in [0.25, 0.3) is 0 Å². The van der Waals surface area contributed by atoms with Gasteiger partial charge in [-0.3, -0.25) is 9.69 Å². The second-order valence-corrected chi connectivity index (χ2v) is 3.97. The van der Waals surface area contributed by atoms with Crippen LogP contribution in [0.15, 0.2) is 0 Å². The molecular weight excluding hydrogens is 204 g/mol. The van der Waals surface area contributed by atoms with Crippen LogP contribution in [-0.2, 0) is 4.79 Å². The van der Waals surface area contributed by atoms with Crippen molar-refractivity contribution in [2.24, 2.45) is 0 Å². The third-order valence-corrected chi connectivity index (χ3v) is 2.52. The Morgan fingerprint density at radius 3 is 2.53 bits per heavy atom. The summed E-state index contributed by atoms with van der Waals surface area (Å²) in [6, 6.07) is 0.323. The second-order valence-electron chi connectivity index (χ2n) is 3.97. The molecule has 0 atom stereocenters. The number of aliphatic carboxylic acids is 1. The quantitative estimate of drug-likeness (QED) is 0.637. The van der Waals surface area contributed by atoms with Gasteiger partial charge in [-0.15, -0.1) is 0 Å². The lowest BCUT2D eigenvalue weighted by atomic mass is 10.2. The number of nitrogens with zero attached hydrogens (tertiary/aromatic N) is 1. The number of carbonyl (C=O) groups is 1. The van der Waals surface area contributed by atoms with Gasteiger partial charge in [0.2, 0.25) is 0 Å². The molecular formula is C10H17F2NO2. The van der Waals surface area contributed by atoms with Gasteiger partial charge in [0.05, 0.1) is 6.54 Å². The van der Waals surface area contributed by atoms with Crippen molar-refractivity contribution in [2.45, 2.75) is 44.6 Å². The fourth-order valence-electron chi connectivity index (χ4n) is 1.63. The van der Waals surface area contributed by atoms with Gasteiger partial charge in [-0.25, -0.2) is 8.78 Å². The van der Waals surface area contributed by atoms with Crippen molar-refractivity contribution in [2.75, 3.05) is 13.1 Å². The molecule has 0 unspecified atom stereocenters. The summed E-state index contributed by atoms with van der Waals surface area (Å²) in [4.78, 5) is 12.0. The minimum absolute atomic E-state index is 0.132. The maximum absolute atomic E-state index is 12.2. The van der Waals surface area contributed by atoms with Crippen molar-refractivity contribution >= 4 is 5.97 Å². The highest BCUT2D eigenvalue weighted by Crippen LogP contribution is 2.27. The molecule has 0 aromatic heterocycles. The molecule has 0 aromatic rings. The van der Waals surface area contributed by atoms with E-state index in [1.165, 1.54) is 0 Å². The summed E-state index contributed by atoms with van der Waals surface area (Å²) in [6.45, 7) is 0.431. The molecule has 5 heteroatoms. The summed E-state index contributed by atoms with van der Waals surface area (Å²) in [5, 5.41) is 8.41. The van der Waals surface area contributed by atoms with Crippen molar-refractivity contribution in [3.05, 3.63) is 0 Å². The van der Waals surface area contributed by atoms with Crippen LogP contribution in [0.2, 0.25) is 0 Å². The Bertz CT molecular complexity index is 208. The topological polar surface area (TPSA) is 40.5 Å². The lowest BCUT2D eigenvalue weighted by Gasteiger charge is -2.20. The smallest absolute Gasteiger partial charge is 0.303 e. The number of unbranched alkanes of at least 4 members (excludes halogenated alkanes) is 1. The first-order chi connectivity index (χ1) is 7.09. The van der Waals surface area contributed by atoms with Crippen molar-refractivity contribution in [3.63, 3.8) is 0 Å². The minimum Gasteiger partial charge on any atom is -0.481 e. The van der Waals surface area contributed by atoms with Gasteiger partial charge >= 0.3 is 5.97 Å². The lowest BCUT2D eigenvalue weighted by molar-refractivity contribution is -0.137. The first kappa shape index (κ1) is 12.4. The van der Waals surface area contributed by atoms with E-state index in [2.05, 4.69) is 0 Å². The van der Waals surface area contributed by atoms with Gasteiger partial charge in [0, 0.05) is 12.5 Å².